The van der Waals surface area contributed by atoms with Crippen LogP contribution >= 0.6 is 15.9 Å². The minimum absolute atomic E-state index is 0.744. The molecule has 0 spiro atoms. The first-order chi connectivity index (χ1) is 11.2. The van der Waals surface area contributed by atoms with Gasteiger partial charge in [-0.15, -0.1) is 0 Å². The molecule has 112 valence electrons. The third-order valence-corrected chi connectivity index (χ3v) is 4.51. The van der Waals surface area contributed by atoms with Gasteiger partial charge in [-0.1, -0.05) is 18.2 Å². The second-order valence-corrected chi connectivity index (χ2v) is 6.06. The lowest BCUT2D eigenvalue weighted by Gasteiger charge is -2.08. The Morgan fingerprint density at radius 3 is 2.61 bits per heavy atom. The summed E-state index contributed by atoms with van der Waals surface area (Å²) in [5, 5.41) is 3.35. The van der Waals surface area contributed by atoms with Gasteiger partial charge in [-0.25, -0.2) is 9.97 Å². The number of fused-ring (bicyclic) bond motifs is 2. The first-order valence-corrected chi connectivity index (χ1v) is 8.03. The molecule has 2 aromatic carbocycles. The van der Waals surface area contributed by atoms with Crippen LogP contribution in [0.4, 0.5) is 0 Å². The number of rotatable bonds is 2. The molecule has 4 heteroatoms. The first kappa shape index (κ1) is 14.2. The van der Waals surface area contributed by atoms with E-state index in [-0.39, 0.29) is 0 Å². The molecule has 0 N–H and O–H groups in total. The third-order valence-electron chi connectivity index (χ3n) is 3.90. The molecule has 0 unspecified atom stereocenters. The van der Waals surface area contributed by atoms with E-state index in [0.29, 0.717) is 0 Å². The van der Waals surface area contributed by atoms with Crippen molar-refractivity contribution in [1.29, 1.82) is 0 Å². The van der Waals surface area contributed by atoms with Crippen molar-refractivity contribution in [1.82, 2.24) is 9.97 Å². The number of nitrogens with zero attached hydrogens (tertiary/aromatic N) is 2. The molecule has 0 radical (unpaired) electrons. The molecular weight excluding hydrogens is 352 g/mol. The van der Waals surface area contributed by atoms with Crippen molar-refractivity contribution < 1.29 is 4.74 Å². The quantitative estimate of drug-likeness (QED) is 0.457. The number of hydrogen-bond acceptors (Lipinski definition) is 3. The van der Waals surface area contributed by atoms with Gasteiger partial charge in [0.1, 0.15) is 10.4 Å². The Morgan fingerprint density at radius 2 is 1.74 bits per heavy atom. The van der Waals surface area contributed by atoms with E-state index in [1.165, 1.54) is 5.39 Å². The van der Waals surface area contributed by atoms with Crippen LogP contribution in [0.25, 0.3) is 32.9 Å². The summed E-state index contributed by atoms with van der Waals surface area (Å²) in [6.07, 6.45) is 1.75. The van der Waals surface area contributed by atoms with Crippen LogP contribution in [0.2, 0.25) is 0 Å². The summed E-state index contributed by atoms with van der Waals surface area (Å²) < 4.78 is 6.08. The molecule has 3 nitrogen and oxygen atoms in total. The summed E-state index contributed by atoms with van der Waals surface area (Å²) >= 11 is 3.57. The molecule has 0 aliphatic carbocycles. The van der Waals surface area contributed by atoms with E-state index in [0.717, 1.165) is 37.9 Å². The van der Waals surface area contributed by atoms with Crippen molar-refractivity contribution in [3.63, 3.8) is 0 Å². The molecule has 0 aliphatic heterocycles. The number of halogens is 1. The predicted octanol–water partition coefficient (Wildman–Crippen LogP) is 5.22. The molecule has 0 saturated carbocycles. The van der Waals surface area contributed by atoms with Crippen molar-refractivity contribution in [3.05, 3.63) is 65.4 Å². The third kappa shape index (κ3) is 2.55. The van der Waals surface area contributed by atoms with E-state index in [1.54, 1.807) is 13.3 Å². The number of methoxy groups -OCH3 is 1. The Kier molecular flexibility index (Phi) is 3.46. The molecule has 0 aliphatic rings. The maximum absolute atomic E-state index is 5.28. The minimum Gasteiger partial charge on any atom is -0.497 e. The molecule has 4 aromatic rings. The Morgan fingerprint density at radius 1 is 0.913 bits per heavy atom. The highest BCUT2D eigenvalue weighted by atomic mass is 79.9. The van der Waals surface area contributed by atoms with Gasteiger partial charge in [0, 0.05) is 17.1 Å². The van der Waals surface area contributed by atoms with Gasteiger partial charge in [-0.05, 0) is 68.7 Å². The van der Waals surface area contributed by atoms with Crippen LogP contribution < -0.4 is 4.74 Å². The molecule has 0 amide bonds. The molecule has 2 heterocycles. The largest absolute Gasteiger partial charge is 0.497 e. The average Bonchev–Trinajstić information content (AvgIpc) is 2.60. The normalized spacial score (nSPS) is 11.0. The smallest absolute Gasteiger partial charge is 0.160 e. The predicted molar refractivity (Wildman–Crippen MR) is 96.7 cm³/mol. The van der Waals surface area contributed by atoms with Crippen molar-refractivity contribution in [2.45, 2.75) is 0 Å². The molecule has 0 bridgehead atoms. The van der Waals surface area contributed by atoms with Crippen LogP contribution in [0.3, 0.4) is 0 Å². The zero-order chi connectivity index (χ0) is 15.8. The van der Waals surface area contributed by atoms with Crippen molar-refractivity contribution in [2.24, 2.45) is 0 Å². The topological polar surface area (TPSA) is 35.0 Å². The van der Waals surface area contributed by atoms with E-state index in [1.807, 2.05) is 24.3 Å². The van der Waals surface area contributed by atoms with Gasteiger partial charge in [0.15, 0.2) is 5.65 Å². The van der Waals surface area contributed by atoms with Crippen LogP contribution in [0.1, 0.15) is 0 Å². The highest BCUT2D eigenvalue weighted by molar-refractivity contribution is 9.10. The first-order valence-electron chi connectivity index (χ1n) is 7.24. The number of benzene rings is 2. The van der Waals surface area contributed by atoms with Gasteiger partial charge in [-0.3, -0.25) is 0 Å². The average molecular weight is 365 g/mol. The molecule has 0 atom stereocenters. The number of pyridine rings is 2. The van der Waals surface area contributed by atoms with Crippen LogP contribution in [-0.4, -0.2) is 17.1 Å². The minimum atomic E-state index is 0.744. The van der Waals surface area contributed by atoms with Crippen molar-refractivity contribution in [2.75, 3.05) is 7.11 Å². The van der Waals surface area contributed by atoms with Gasteiger partial charge in [0.2, 0.25) is 0 Å². The number of hydrogen-bond donors (Lipinski definition) is 0. The van der Waals surface area contributed by atoms with E-state index in [4.69, 9.17) is 4.74 Å². The molecule has 2 aromatic heterocycles. The van der Waals surface area contributed by atoms with Gasteiger partial charge < -0.3 is 4.74 Å². The lowest BCUT2D eigenvalue weighted by Crippen LogP contribution is -1.89. The molecular formula is C19H13BrN2O. The Balaban J connectivity index is 1.89. The maximum atomic E-state index is 5.28. The van der Waals surface area contributed by atoms with E-state index in [9.17, 15) is 0 Å². The summed E-state index contributed by atoms with van der Waals surface area (Å²) in [6, 6.07) is 18.5. The molecule has 0 fully saturated rings. The lowest BCUT2D eigenvalue weighted by atomic mass is 10.0. The summed E-state index contributed by atoms with van der Waals surface area (Å²) in [5.41, 5.74) is 2.92. The fourth-order valence-electron chi connectivity index (χ4n) is 2.70. The van der Waals surface area contributed by atoms with Crippen LogP contribution in [0.5, 0.6) is 5.75 Å². The molecule has 4 rings (SSSR count). The standard InChI is InChI=1S/C19H13BrN2O/c1-23-16-7-6-12-9-14(5-4-13(12)10-16)17-11-15-3-2-8-21-19(15)22-18(17)20/h2-11H,1H3. The summed E-state index contributed by atoms with van der Waals surface area (Å²) in [7, 11) is 1.68. The maximum Gasteiger partial charge on any atom is 0.160 e. The second-order valence-electron chi connectivity index (χ2n) is 5.30. The van der Waals surface area contributed by atoms with Gasteiger partial charge in [0.05, 0.1) is 7.11 Å². The number of aromatic nitrogens is 2. The highest BCUT2D eigenvalue weighted by Crippen LogP contribution is 2.32. The van der Waals surface area contributed by atoms with E-state index >= 15 is 0 Å². The van der Waals surface area contributed by atoms with E-state index < -0.39 is 0 Å². The van der Waals surface area contributed by atoms with Crippen LogP contribution in [-0.2, 0) is 0 Å². The molecule has 23 heavy (non-hydrogen) atoms. The van der Waals surface area contributed by atoms with E-state index in [2.05, 4.69) is 56.2 Å². The SMILES string of the molecule is COc1ccc2cc(-c3cc4cccnc4nc3Br)ccc2c1. The summed E-state index contributed by atoms with van der Waals surface area (Å²) in [5.74, 6) is 0.866. The second kappa shape index (κ2) is 5.63. The van der Waals surface area contributed by atoms with Crippen molar-refractivity contribution in [3.8, 4) is 16.9 Å². The fourth-order valence-corrected chi connectivity index (χ4v) is 3.22. The van der Waals surface area contributed by atoms with Crippen LogP contribution in [0.15, 0.2) is 65.4 Å². The highest BCUT2D eigenvalue weighted by Gasteiger charge is 2.08. The van der Waals surface area contributed by atoms with Gasteiger partial charge >= 0.3 is 0 Å². The van der Waals surface area contributed by atoms with Gasteiger partial charge in [-0.2, -0.15) is 0 Å². The van der Waals surface area contributed by atoms with Crippen molar-refractivity contribution >= 4 is 37.7 Å². The number of ether oxygens (including phenoxy) is 1. The Bertz CT molecular complexity index is 1030. The Hall–Kier alpha value is -2.46. The van der Waals surface area contributed by atoms with Gasteiger partial charge in [0.25, 0.3) is 0 Å². The zero-order valence-electron chi connectivity index (χ0n) is 12.5. The monoisotopic (exact) mass is 364 g/mol. The lowest BCUT2D eigenvalue weighted by molar-refractivity contribution is 0.415. The fraction of sp³-hybridized carbons (Fsp3) is 0.0526. The summed E-state index contributed by atoms with van der Waals surface area (Å²) in [6.45, 7) is 0. The summed E-state index contributed by atoms with van der Waals surface area (Å²) in [4.78, 5) is 8.84. The Labute approximate surface area is 142 Å². The molecule has 0 saturated heterocycles. The van der Waals surface area contributed by atoms with Crippen LogP contribution in [0, 0.1) is 0 Å². The zero-order valence-corrected chi connectivity index (χ0v) is 14.0.